The molecule has 24 heavy (non-hydrogen) atoms. The number of benzene rings is 1. The monoisotopic (exact) mass is 336 g/mol. The Morgan fingerprint density at radius 3 is 2.92 bits per heavy atom. The first kappa shape index (κ1) is 17.0. The molecule has 1 aliphatic heterocycles. The summed E-state index contributed by atoms with van der Waals surface area (Å²) >= 11 is 0. The van der Waals surface area contributed by atoms with Gasteiger partial charge in [0.2, 0.25) is 5.89 Å². The third-order valence-electron chi connectivity index (χ3n) is 4.37. The van der Waals surface area contributed by atoms with Gasteiger partial charge in [-0.1, -0.05) is 11.2 Å². The normalized spacial score (nSPS) is 20.2. The van der Waals surface area contributed by atoms with Gasteiger partial charge in [-0.3, -0.25) is 4.90 Å². The molecule has 0 radical (unpaired) electrons. The van der Waals surface area contributed by atoms with Crippen LogP contribution in [0.5, 0.6) is 0 Å². The maximum absolute atomic E-state index is 13.4. The van der Waals surface area contributed by atoms with Crippen LogP contribution in [0.25, 0.3) is 0 Å². The topological polar surface area (TPSA) is 54.2 Å². The second-order valence-corrected chi connectivity index (χ2v) is 6.37. The van der Waals surface area contributed by atoms with Gasteiger partial charge in [-0.05, 0) is 44.0 Å². The van der Waals surface area contributed by atoms with Gasteiger partial charge in [0.05, 0.1) is 6.54 Å². The quantitative estimate of drug-likeness (QED) is 0.910. The minimum Gasteiger partial charge on any atom is -0.340 e. The Kier molecular flexibility index (Phi) is 5.20. The van der Waals surface area contributed by atoms with Crippen molar-refractivity contribution in [3.8, 4) is 0 Å². The van der Waals surface area contributed by atoms with Crippen molar-refractivity contribution >= 4 is 0 Å². The third kappa shape index (κ3) is 4.15. The molecule has 2 aromatic rings. The van der Waals surface area contributed by atoms with E-state index in [4.69, 9.17) is 4.52 Å². The maximum Gasteiger partial charge on any atom is 0.223 e. The largest absolute Gasteiger partial charge is 0.340 e. The van der Waals surface area contributed by atoms with Crippen LogP contribution in [-0.4, -0.2) is 34.2 Å². The maximum atomic E-state index is 13.4. The van der Waals surface area contributed by atoms with E-state index in [-0.39, 0.29) is 12.1 Å². The van der Waals surface area contributed by atoms with Crippen LogP contribution in [0.1, 0.15) is 43.1 Å². The summed E-state index contributed by atoms with van der Waals surface area (Å²) in [5.41, 5.74) is 0.750. The predicted molar refractivity (Wildman–Crippen MR) is 85.2 cm³/mol. The molecule has 1 aromatic heterocycles. The molecule has 2 heterocycles. The van der Waals surface area contributed by atoms with Crippen molar-refractivity contribution in [2.45, 2.75) is 45.3 Å². The fraction of sp³-hybridized carbons (Fsp3) is 0.529. The van der Waals surface area contributed by atoms with E-state index >= 15 is 0 Å². The van der Waals surface area contributed by atoms with Crippen molar-refractivity contribution in [2.75, 3.05) is 13.1 Å². The van der Waals surface area contributed by atoms with E-state index in [1.807, 2.05) is 6.92 Å². The van der Waals surface area contributed by atoms with Crippen LogP contribution < -0.4 is 5.32 Å². The molecule has 1 fully saturated rings. The highest BCUT2D eigenvalue weighted by atomic mass is 19.2. The Balaban J connectivity index is 1.57. The number of hydrogen-bond acceptors (Lipinski definition) is 5. The van der Waals surface area contributed by atoms with Gasteiger partial charge >= 0.3 is 0 Å². The van der Waals surface area contributed by atoms with Gasteiger partial charge < -0.3 is 9.84 Å². The highest BCUT2D eigenvalue weighted by Gasteiger charge is 2.23. The zero-order valence-corrected chi connectivity index (χ0v) is 13.9. The summed E-state index contributed by atoms with van der Waals surface area (Å²) in [5.74, 6) is -0.352. The lowest BCUT2D eigenvalue weighted by molar-refractivity contribution is 0.172. The van der Waals surface area contributed by atoms with E-state index in [9.17, 15) is 8.78 Å². The molecular formula is C17H22F2N4O. The third-order valence-corrected chi connectivity index (χ3v) is 4.37. The van der Waals surface area contributed by atoms with Crippen molar-refractivity contribution in [1.82, 2.24) is 20.4 Å². The molecule has 2 atom stereocenters. The average molecular weight is 336 g/mol. The Morgan fingerprint density at radius 1 is 1.38 bits per heavy atom. The SMILES string of the molecule is Cc1nc(CN2CCC[C@@H](N[C@H](C)c3ccc(F)c(F)c3)C2)no1. The van der Waals surface area contributed by atoms with Crippen LogP contribution in [0.4, 0.5) is 8.78 Å². The number of aryl methyl sites for hydroxylation is 1. The van der Waals surface area contributed by atoms with Crippen molar-refractivity contribution in [2.24, 2.45) is 0 Å². The minimum absolute atomic E-state index is 0.0440. The molecule has 1 aromatic carbocycles. The first-order valence-electron chi connectivity index (χ1n) is 8.24. The fourth-order valence-corrected chi connectivity index (χ4v) is 3.17. The molecule has 1 saturated heterocycles. The molecule has 5 nitrogen and oxygen atoms in total. The standard InChI is InChI=1S/C17H22F2N4O/c1-11(13-5-6-15(18)16(19)8-13)20-14-4-3-7-23(9-14)10-17-21-12(2)24-22-17/h5-6,8,11,14,20H,3-4,7,9-10H2,1-2H3/t11-,14-/m1/s1. The molecular weight excluding hydrogens is 314 g/mol. The summed E-state index contributed by atoms with van der Waals surface area (Å²) in [7, 11) is 0. The van der Waals surface area contributed by atoms with E-state index < -0.39 is 11.6 Å². The van der Waals surface area contributed by atoms with Crippen LogP contribution >= 0.6 is 0 Å². The van der Waals surface area contributed by atoms with Crippen molar-refractivity contribution < 1.29 is 13.3 Å². The molecule has 7 heteroatoms. The molecule has 0 spiro atoms. The zero-order chi connectivity index (χ0) is 17.1. The first-order chi connectivity index (χ1) is 11.5. The molecule has 3 rings (SSSR count). The number of rotatable bonds is 5. The summed E-state index contributed by atoms with van der Waals surface area (Å²) in [5, 5.41) is 7.44. The van der Waals surface area contributed by atoms with Crippen LogP contribution in [0.2, 0.25) is 0 Å². The molecule has 0 amide bonds. The van der Waals surface area contributed by atoms with E-state index in [1.54, 1.807) is 13.0 Å². The Hall–Kier alpha value is -1.86. The van der Waals surface area contributed by atoms with E-state index in [1.165, 1.54) is 12.1 Å². The summed E-state index contributed by atoms with van der Waals surface area (Å²) in [4.78, 5) is 6.52. The average Bonchev–Trinajstić information content (AvgIpc) is 2.95. The number of halogens is 2. The molecule has 0 aliphatic carbocycles. The lowest BCUT2D eigenvalue weighted by Gasteiger charge is -2.34. The predicted octanol–water partition coefficient (Wildman–Crippen LogP) is 2.97. The van der Waals surface area contributed by atoms with Crippen LogP contribution in [-0.2, 0) is 6.54 Å². The number of piperidine rings is 1. The van der Waals surface area contributed by atoms with Gasteiger partial charge in [-0.2, -0.15) is 4.98 Å². The number of nitrogens with one attached hydrogen (secondary N) is 1. The van der Waals surface area contributed by atoms with Gasteiger partial charge in [-0.25, -0.2) is 8.78 Å². The number of nitrogens with zero attached hydrogens (tertiary/aromatic N) is 3. The summed E-state index contributed by atoms with van der Waals surface area (Å²) in [6, 6.07) is 4.30. The Morgan fingerprint density at radius 2 is 2.21 bits per heavy atom. The highest BCUT2D eigenvalue weighted by Crippen LogP contribution is 2.19. The smallest absolute Gasteiger partial charge is 0.223 e. The van der Waals surface area contributed by atoms with Crippen LogP contribution in [0.15, 0.2) is 22.7 Å². The van der Waals surface area contributed by atoms with Gasteiger partial charge in [-0.15, -0.1) is 0 Å². The van der Waals surface area contributed by atoms with Gasteiger partial charge in [0, 0.05) is 25.6 Å². The highest BCUT2D eigenvalue weighted by molar-refractivity contribution is 5.21. The fourth-order valence-electron chi connectivity index (χ4n) is 3.17. The lowest BCUT2D eigenvalue weighted by Crippen LogP contribution is -2.46. The molecule has 1 N–H and O–H groups in total. The minimum atomic E-state index is -0.815. The van der Waals surface area contributed by atoms with Crippen LogP contribution in [0.3, 0.4) is 0 Å². The van der Waals surface area contributed by atoms with Crippen molar-refractivity contribution in [1.29, 1.82) is 0 Å². The second-order valence-electron chi connectivity index (χ2n) is 6.37. The molecule has 0 saturated carbocycles. The van der Waals surface area contributed by atoms with Gasteiger partial charge in [0.15, 0.2) is 17.5 Å². The number of likely N-dealkylation sites (tertiary alicyclic amines) is 1. The number of aromatic nitrogens is 2. The van der Waals surface area contributed by atoms with Gasteiger partial charge in [0.1, 0.15) is 0 Å². The van der Waals surface area contributed by atoms with E-state index in [2.05, 4.69) is 20.4 Å². The van der Waals surface area contributed by atoms with E-state index in [0.29, 0.717) is 18.3 Å². The van der Waals surface area contributed by atoms with Crippen LogP contribution in [0, 0.1) is 18.6 Å². The zero-order valence-electron chi connectivity index (χ0n) is 13.9. The molecule has 1 aliphatic rings. The lowest BCUT2D eigenvalue weighted by atomic mass is 10.0. The van der Waals surface area contributed by atoms with E-state index in [0.717, 1.165) is 31.5 Å². The molecule has 0 unspecified atom stereocenters. The summed E-state index contributed by atoms with van der Waals surface area (Å²) in [6.45, 7) is 6.26. The Labute approximate surface area is 140 Å². The Bertz CT molecular complexity index is 691. The summed E-state index contributed by atoms with van der Waals surface area (Å²) in [6.07, 6.45) is 2.12. The van der Waals surface area contributed by atoms with Crippen molar-refractivity contribution in [3.63, 3.8) is 0 Å². The summed E-state index contributed by atoms with van der Waals surface area (Å²) < 4.78 is 31.5. The van der Waals surface area contributed by atoms with Crippen molar-refractivity contribution in [3.05, 3.63) is 47.1 Å². The number of hydrogen-bond donors (Lipinski definition) is 1. The molecule has 0 bridgehead atoms. The van der Waals surface area contributed by atoms with Gasteiger partial charge in [0.25, 0.3) is 0 Å². The second kappa shape index (κ2) is 7.36. The first-order valence-corrected chi connectivity index (χ1v) is 8.24. The molecule has 130 valence electrons.